The molecule has 1 aliphatic heterocycles. The number of hydrogen-bond donors (Lipinski definition) is 1. The van der Waals surface area contributed by atoms with Gasteiger partial charge in [-0.3, -0.25) is 0 Å². The summed E-state index contributed by atoms with van der Waals surface area (Å²) < 4.78 is 8.11. The molecule has 0 bridgehead atoms. The summed E-state index contributed by atoms with van der Waals surface area (Å²) >= 11 is 0. The molecule has 96 valence electrons. The van der Waals surface area contributed by atoms with Crippen LogP contribution in [0, 0.1) is 0 Å². The Hall–Kier alpha value is -0.870. The summed E-state index contributed by atoms with van der Waals surface area (Å²) in [6, 6.07) is 0. The van der Waals surface area contributed by atoms with Crippen LogP contribution in [0.15, 0.2) is 12.5 Å². The zero-order valence-corrected chi connectivity index (χ0v) is 10.7. The van der Waals surface area contributed by atoms with E-state index in [1.165, 1.54) is 12.1 Å². The van der Waals surface area contributed by atoms with Crippen LogP contribution in [-0.2, 0) is 17.7 Å². The van der Waals surface area contributed by atoms with Crippen LogP contribution in [0.4, 0.5) is 0 Å². The second-order valence-electron chi connectivity index (χ2n) is 4.65. The van der Waals surface area contributed by atoms with E-state index in [4.69, 9.17) is 4.74 Å². The van der Waals surface area contributed by atoms with Crippen molar-refractivity contribution >= 4 is 0 Å². The molecule has 1 saturated heterocycles. The predicted octanol–water partition coefficient (Wildman–Crippen LogP) is 1.60. The summed E-state index contributed by atoms with van der Waals surface area (Å²) in [6.07, 6.45) is 8.89. The molecule has 0 radical (unpaired) electrons. The van der Waals surface area contributed by atoms with Gasteiger partial charge in [-0.05, 0) is 32.4 Å². The van der Waals surface area contributed by atoms with Crippen molar-refractivity contribution in [1.82, 2.24) is 14.9 Å². The van der Waals surface area contributed by atoms with Gasteiger partial charge in [-0.15, -0.1) is 0 Å². The number of aryl methyl sites for hydroxylation is 1. The van der Waals surface area contributed by atoms with E-state index in [0.29, 0.717) is 6.10 Å². The highest BCUT2D eigenvalue weighted by Gasteiger charge is 2.12. The fourth-order valence-corrected chi connectivity index (χ4v) is 2.29. The minimum Gasteiger partial charge on any atom is -0.376 e. The third kappa shape index (κ3) is 3.82. The summed E-state index contributed by atoms with van der Waals surface area (Å²) in [7, 11) is 0. The average molecular weight is 237 g/mol. The fourth-order valence-electron chi connectivity index (χ4n) is 2.29. The molecule has 0 spiro atoms. The van der Waals surface area contributed by atoms with Gasteiger partial charge in [0.25, 0.3) is 0 Å². The Morgan fingerprint density at radius 2 is 2.29 bits per heavy atom. The molecule has 0 amide bonds. The molecule has 0 aromatic carbocycles. The first-order chi connectivity index (χ1) is 8.40. The van der Waals surface area contributed by atoms with Crippen LogP contribution in [0.1, 0.15) is 31.9 Å². The molecule has 2 heterocycles. The van der Waals surface area contributed by atoms with Crippen molar-refractivity contribution in [2.24, 2.45) is 0 Å². The predicted molar refractivity (Wildman–Crippen MR) is 68.1 cm³/mol. The first-order valence-corrected chi connectivity index (χ1v) is 6.71. The number of piperidine rings is 1. The Morgan fingerprint density at radius 3 is 3.06 bits per heavy atom. The molecule has 0 aliphatic carbocycles. The van der Waals surface area contributed by atoms with Gasteiger partial charge in [0.15, 0.2) is 0 Å². The topological polar surface area (TPSA) is 39.1 Å². The normalized spacial score (nSPS) is 17.5. The number of ether oxygens (including phenoxy) is 1. The van der Waals surface area contributed by atoms with E-state index in [-0.39, 0.29) is 0 Å². The summed E-state index contributed by atoms with van der Waals surface area (Å²) in [5.41, 5.74) is 1.32. The second-order valence-corrected chi connectivity index (χ2v) is 4.65. The number of nitrogens with one attached hydrogen (secondary N) is 1. The highest BCUT2D eigenvalue weighted by atomic mass is 16.5. The average Bonchev–Trinajstić information content (AvgIpc) is 2.79. The van der Waals surface area contributed by atoms with E-state index in [0.717, 1.165) is 45.5 Å². The van der Waals surface area contributed by atoms with Crippen LogP contribution in [0.25, 0.3) is 0 Å². The summed E-state index contributed by atoms with van der Waals surface area (Å²) in [5, 5.41) is 3.35. The number of aromatic nitrogens is 2. The molecular weight excluding hydrogens is 214 g/mol. The molecule has 2 rings (SSSR count). The summed E-state index contributed by atoms with van der Waals surface area (Å²) in [6.45, 7) is 6.12. The van der Waals surface area contributed by atoms with Crippen LogP contribution in [0.5, 0.6) is 0 Å². The van der Waals surface area contributed by atoms with Crippen LogP contribution in [0.3, 0.4) is 0 Å². The van der Waals surface area contributed by atoms with Crippen LogP contribution in [-0.4, -0.2) is 35.4 Å². The van der Waals surface area contributed by atoms with E-state index in [9.17, 15) is 0 Å². The number of hydrogen-bond acceptors (Lipinski definition) is 3. The third-order valence-electron chi connectivity index (χ3n) is 3.28. The van der Waals surface area contributed by atoms with Gasteiger partial charge in [0.1, 0.15) is 0 Å². The quantitative estimate of drug-likeness (QED) is 0.817. The van der Waals surface area contributed by atoms with E-state index >= 15 is 0 Å². The minimum atomic E-state index is 0.453. The number of imidazole rings is 1. The van der Waals surface area contributed by atoms with Gasteiger partial charge < -0.3 is 14.6 Å². The van der Waals surface area contributed by atoms with Gasteiger partial charge in [-0.1, -0.05) is 13.3 Å². The molecule has 4 nitrogen and oxygen atoms in total. The maximum atomic E-state index is 5.90. The lowest BCUT2D eigenvalue weighted by atomic mass is 10.1. The third-order valence-corrected chi connectivity index (χ3v) is 3.28. The number of nitrogens with zero attached hydrogens (tertiary/aromatic N) is 2. The van der Waals surface area contributed by atoms with E-state index in [1.54, 1.807) is 0 Å². The highest BCUT2D eigenvalue weighted by molar-refractivity contribution is 4.98. The standard InChI is InChI=1S/C13H23N3O/c1-2-3-12-10-15-11-16(12)8-9-17-13-4-6-14-7-5-13/h10-11,13-14H,2-9H2,1H3. The molecular formula is C13H23N3O. The van der Waals surface area contributed by atoms with Gasteiger partial charge in [-0.25, -0.2) is 4.98 Å². The van der Waals surface area contributed by atoms with Crippen LogP contribution >= 0.6 is 0 Å². The van der Waals surface area contributed by atoms with Crippen molar-refractivity contribution in [2.45, 2.75) is 45.3 Å². The van der Waals surface area contributed by atoms with Crippen molar-refractivity contribution in [3.05, 3.63) is 18.2 Å². The maximum Gasteiger partial charge on any atom is 0.0948 e. The van der Waals surface area contributed by atoms with Gasteiger partial charge in [0, 0.05) is 18.4 Å². The van der Waals surface area contributed by atoms with E-state index in [1.807, 2.05) is 12.5 Å². The smallest absolute Gasteiger partial charge is 0.0948 e. The molecule has 1 aliphatic rings. The monoisotopic (exact) mass is 237 g/mol. The summed E-state index contributed by atoms with van der Waals surface area (Å²) in [5.74, 6) is 0. The Morgan fingerprint density at radius 1 is 1.47 bits per heavy atom. The molecule has 1 aromatic heterocycles. The SMILES string of the molecule is CCCc1cncn1CCOC1CCNCC1. The Bertz CT molecular complexity index is 318. The molecule has 0 atom stereocenters. The van der Waals surface area contributed by atoms with Crippen LogP contribution < -0.4 is 5.32 Å². The lowest BCUT2D eigenvalue weighted by Crippen LogP contribution is -2.33. The Kier molecular flexibility index (Phi) is 5.01. The zero-order valence-electron chi connectivity index (χ0n) is 10.7. The zero-order chi connectivity index (χ0) is 11.9. The van der Waals surface area contributed by atoms with Gasteiger partial charge in [0.05, 0.1) is 19.0 Å². The van der Waals surface area contributed by atoms with Crippen molar-refractivity contribution in [1.29, 1.82) is 0 Å². The minimum absolute atomic E-state index is 0.453. The Labute approximate surface area is 103 Å². The summed E-state index contributed by atoms with van der Waals surface area (Å²) in [4.78, 5) is 4.20. The molecule has 1 N–H and O–H groups in total. The molecule has 0 saturated carbocycles. The van der Waals surface area contributed by atoms with Crippen LogP contribution in [0.2, 0.25) is 0 Å². The van der Waals surface area contributed by atoms with Gasteiger partial charge in [0.2, 0.25) is 0 Å². The van der Waals surface area contributed by atoms with Crippen molar-refractivity contribution in [2.75, 3.05) is 19.7 Å². The lowest BCUT2D eigenvalue weighted by Gasteiger charge is -2.23. The first kappa shape index (κ1) is 12.6. The van der Waals surface area contributed by atoms with Crippen molar-refractivity contribution in [3.63, 3.8) is 0 Å². The first-order valence-electron chi connectivity index (χ1n) is 6.71. The van der Waals surface area contributed by atoms with Crippen molar-refractivity contribution < 1.29 is 4.74 Å². The van der Waals surface area contributed by atoms with Crippen molar-refractivity contribution in [3.8, 4) is 0 Å². The molecule has 0 unspecified atom stereocenters. The largest absolute Gasteiger partial charge is 0.376 e. The molecule has 4 heteroatoms. The molecule has 1 fully saturated rings. The van der Waals surface area contributed by atoms with E-state index in [2.05, 4.69) is 21.8 Å². The molecule has 17 heavy (non-hydrogen) atoms. The van der Waals surface area contributed by atoms with Gasteiger partial charge >= 0.3 is 0 Å². The van der Waals surface area contributed by atoms with E-state index < -0.39 is 0 Å². The number of rotatable bonds is 6. The molecule has 1 aromatic rings. The second kappa shape index (κ2) is 6.77. The fraction of sp³-hybridized carbons (Fsp3) is 0.769. The maximum absolute atomic E-state index is 5.90. The van der Waals surface area contributed by atoms with Gasteiger partial charge in [-0.2, -0.15) is 0 Å². The highest BCUT2D eigenvalue weighted by Crippen LogP contribution is 2.08. The Balaban J connectivity index is 1.71. The lowest BCUT2D eigenvalue weighted by molar-refractivity contribution is 0.0282.